The zero-order valence-electron chi connectivity index (χ0n) is 18.3. The lowest BCUT2D eigenvalue weighted by Crippen LogP contribution is -2.54. The van der Waals surface area contributed by atoms with Crippen molar-refractivity contribution in [3.63, 3.8) is 0 Å². The largest absolute Gasteiger partial charge is 0.488 e. The van der Waals surface area contributed by atoms with Gasteiger partial charge < -0.3 is 4.74 Å². The van der Waals surface area contributed by atoms with Gasteiger partial charge in [-0.3, -0.25) is 29.5 Å². The summed E-state index contributed by atoms with van der Waals surface area (Å²) in [6.45, 7) is 10.5. The lowest BCUT2D eigenvalue weighted by Gasteiger charge is -2.39. The Labute approximate surface area is 192 Å². The van der Waals surface area contributed by atoms with Crippen LogP contribution >= 0.6 is 0 Å². The van der Waals surface area contributed by atoms with Gasteiger partial charge >= 0.3 is 0 Å². The first kappa shape index (κ1) is 21.2. The molecule has 3 aliphatic heterocycles. The van der Waals surface area contributed by atoms with E-state index in [1.54, 1.807) is 0 Å². The normalized spacial score (nSPS) is 21.0. The molecule has 1 unspecified atom stereocenters. The molecule has 1 N–H and O–H groups in total. The Balaban J connectivity index is 1.30. The van der Waals surface area contributed by atoms with Crippen LogP contribution in [0.15, 0.2) is 61.7 Å². The molecule has 7 heteroatoms. The molecule has 0 aromatic heterocycles. The van der Waals surface area contributed by atoms with Crippen molar-refractivity contribution in [3.05, 3.63) is 72.8 Å². The Hall–Kier alpha value is -3.71. The Morgan fingerprint density at radius 2 is 1.82 bits per heavy atom. The summed E-state index contributed by atoms with van der Waals surface area (Å²) in [4.78, 5) is 40.8. The number of amides is 3. The van der Waals surface area contributed by atoms with Crippen LogP contribution < -0.4 is 15.0 Å². The number of hydrogen-bond acceptors (Lipinski definition) is 5. The molecule has 3 amide bonds. The Morgan fingerprint density at radius 3 is 2.55 bits per heavy atom. The smallest absolute Gasteiger partial charge is 0.259 e. The predicted molar refractivity (Wildman–Crippen MR) is 125 cm³/mol. The highest BCUT2D eigenvalue weighted by atomic mass is 16.5. The minimum Gasteiger partial charge on any atom is -0.488 e. The van der Waals surface area contributed by atoms with Crippen LogP contribution in [-0.2, 0) is 14.4 Å². The van der Waals surface area contributed by atoms with Crippen molar-refractivity contribution >= 4 is 34.6 Å². The van der Waals surface area contributed by atoms with Gasteiger partial charge in [-0.25, -0.2) is 0 Å². The number of para-hydroxylation sites is 1. The Bertz CT molecular complexity index is 1170. The van der Waals surface area contributed by atoms with Crippen LogP contribution in [0.2, 0.25) is 0 Å². The molecule has 2 saturated heterocycles. The third-order valence-corrected chi connectivity index (χ3v) is 6.37. The lowest BCUT2D eigenvalue weighted by molar-refractivity contribution is -0.135. The maximum absolute atomic E-state index is 13.1. The van der Waals surface area contributed by atoms with Gasteiger partial charge in [0.15, 0.2) is 0 Å². The third-order valence-electron chi connectivity index (χ3n) is 6.37. The topological polar surface area (TPSA) is 79.0 Å². The summed E-state index contributed by atoms with van der Waals surface area (Å²) >= 11 is 0. The summed E-state index contributed by atoms with van der Waals surface area (Å²) in [5, 5.41) is 2.34. The second-order valence-corrected chi connectivity index (χ2v) is 8.67. The third kappa shape index (κ3) is 3.85. The van der Waals surface area contributed by atoms with Crippen LogP contribution in [0.1, 0.15) is 24.0 Å². The standard InChI is InChI=1S/C26H25N3O4/c1-16(13-28-14-19(15-28)33-18-7-4-3-5-8-18)20-9-6-10-21-24(20)17(2)26(32)29(21)22-11-12-23(30)27-25(22)31/h3-10,19,22H,1-2,11-15H2,(H,27,30,31). The number of carbonyl (C=O) groups is 3. The van der Waals surface area contributed by atoms with Gasteiger partial charge in [-0.05, 0) is 35.8 Å². The number of nitrogens with one attached hydrogen (secondary N) is 1. The average Bonchev–Trinajstić information content (AvgIpc) is 3.03. The average molecular weight is 444 g/mol. The first-order valence-corrected chi connectivity index (χ1v) is 11.0. The molecule has 0 bridgehead atoms. The maximum atomic E-state index is 13.1. The number of nitrogens with zero attached hydrogens (tertiary/aromatic N) is 2. The molecule has 0 saturated carbocycles. The number of benzene rings is 2. The van der Waals surface area contributed by atoms with E-state index in [1.807, 2.05) is 48.5 Å². The van der Waals surface area contributed by atoms with Crippen molar-refractivity contribution in [1.29, 1.82) is 0 Å². The van der Waals surface area contributed by atoms with E-state index in [2.05, 4.69) is 23.4 Å². The van der Waals surface area contributed by atoms with E-state index in [0.29, 0.717) is 24.2 Å². The zero-order valence-corrected chi connectivity index (χ0v) is 18.3. The molecule has 3 aliphatic rings. The molecule has 7 nitrogen and oxygen atoms in total. The van der Waals surface area contributed by atoms with Gasteiger partial charge in [0.05, 0.1) is 5.69 Å². The summed E-state index contributed by atoms with van der Waals surface area (Å²) in [6.07, 6.45) is 0.640. The van der Waals surface area contributed by atoms with E-state index in [0.717, 1.165) is 35.5 Å². The molecule has 0 radical (unpaired) electrons. The van der Waals surface area contributed by atoms with E-state index < -0.39 is 11.9 Å². The second-order valence-electron chi connectivity index (χ2n) is 8.67. The number of fused-ring (bicyclic) bond motifs is 1. The van der Waals surface area contributed by atoms with Crippen molar-refractivity contribution in [2.75, 3.05) is 24.5 Å². The van der Waals surface area contributed by atoms with Crippen LogP contribution in [0.5, 0.6) is 5.75 Å². The molecule has 2 aromatic carbocycles. The van der Waals surface area contributed by atoms with Crippen molar-refractivity contribution in [1.82, 2.24) is 10.2 Å². The summed E-state index contributed by atoms with van der Waals surface area (Å²) < 4.78 is 5.97. The zero-order chi connectivity index (χ0) is 23.1. The van der Waals surface area contributed by atoms with Crippen molar-refractivity contribution < 1.29 is 19.1 Å². The van der Waals surface area contributed by atoms with E-state index >= 15 is 0 Å². The van der Waals surface area contributed by atoms with E-state index in [1.165, 1.54) is 4.90 Å². The highest BCUT2D eigenvalue weighted by Gasteiger charge is 2.42. The van der Waals surface area contributed by atoms with Gasteiger partial charge in [-0.15, -0.1) is 0 Å². The maximum Gasteiger partial charge on any atom is 0.259 e. The molecular weight excluding hydrogens is 418 g/mol. The fraction of sp³-hybridized carbons (Fsp3) is 0.269. The van der Waals surface area contributed by atoms with E-state index in [-0.39, 0.29) is 24.3 Å². The number of rotatable bonds is 6. The molecule has 2 fully saturated rings. The number of piperidine rings is 1. The number of likely N-dealkylation sites (tertiary alicyclic amines) is 1. The molecule has 1 atom stereocenters. The van der Waals surface area contributed by atoms with Gasteiger partial charge in [0.1, 0.15) is 17.9 Å². The van der Waals surface area contributed by atoms with Crippen LogP contribution in [0, 0.1) is 0 Å². The first-order chi connectivity index (χ1) is 15.9. The number of ether oxygens (including phenoxy) is 1. The number of carbonyl (C=O) groups excluding carboxylic acids is 3. The van der Waals surface area contributed by atoms with Crippen LogP contribution in [0.4, 0.5) is 5.69 Å². The Kier molecular flexibility index (Phi) is 5.34. The summed E-state index contributed by atoms with van der Waals surface area (Å²) in [5.41, 5.74) is 3.44. The van der Waals surface area contributed by atoms with Gasteiger partial charge in [-0.2, -0.15) is 0 Å². The van der Waals surface area contributed by atoms with Gasteiger partial charge in [-0.1, -0.05) is 43.5 Å². The lowest BCUT2D eigenvalue weighted by atomic mass is 9.95. The van der Waals surface area contributed by atoms with Gasteiger partial charge in [0.25, 0.3) is 5.91 Å². The summed E-state index contributed by atoms with van der Waals surface area (Å²) in [6, 6.07) is 14.7. The molecule has 2 aromatic rings. The summed E-state index contributed by atoms with van der Waals surface area (Å²) in [5.74, 6) is -0.201. The van der Waals surface area contributed by atoms with Gasteiger partial charge in [0, 0.05) is 37.2 Å². The second kappa shape index (κ2) is 8.33. The molecule has 3 heterocycles. The van der Waals surface area contributed by atoms with Crippen molar-refractivity contribution in [2.24, 2.45) is 0 Å². The van der Waals surface area contributed by atoms with E-state index in [4.69, 9.17) is 4.74 Å². The monoisotopic (exact) mass is 443 g/mol. The highest BCUT2D eigenvalue weighted by molar-refractivity contribution is 6.34. The van der Waals surface area contributed by atoms with Gasteiger partial charge in [0.2, 0.25) is 11.8 Å². The molecule has 168 valence electrons. The number of hydrogen-bond donors (Lipinski definition) is 1. The van der Waals surface area contributed by atoms with Crippen LogP contribution in [0.3, 0.4) is 0 Å². The molecule has 5 rings (SSSR count). The molecule has 33 heavy (non-hydrogen) atoms. The minimum atomic E-state index is -0.719. The number of imide groups is 1. The van der Waals surface area contributed by atoms with Crippen molar-refractivity contribution in [3.8, 4) is 5.75 Å². The van der Waals surface area contributed by atoms with Crippen LogP contribution in [-0.4, -0.2) is 54.4 Å². The molecular formula is C26H25N3O4. The SMILES string of the molecule is C=C(CN1CC(Oc2ccccc2)C1)c1cccc2c1C(=C)C(=O)N2C1CCC(=O)NC1=O. The molecule has 0 aliphatic carbocycles. The van der Waals surface area contributed by atoms with Crippen molar-refractivity contribution in [2.45, 2.75) is 25.0 Å². The van der Waals surface area contributed by atoms with E-state index in [9.17, 15) is 14.4 Å². The number of anilines is 1. The Morgan fingerprint density at radius 1 is 1.06 bits per heavy atom. The quantitative estimate of drug-likeness (QED) is 0.549. The fourth-order valence-electron chi connectivity index (χ4n) is 4.73. The first-order valence-electron chi connectivity index (χ1n) is 11.0. The fourth-order valence-corrected chi connectivity index (χ4v) is 4.73. The minimum absolute atomic E-state index is 0.140. The molecule has 0 spiro atoms. The highest BCUT2D eigenvalue weighted by Crippen LogP contribution is 2.42. The summed E-state index contributed by atoms with van der Waals surface area (Å²) in [7, 11) is 0. The van der Waals surface area contributed by atoms with Crippen LogP contribution in [0.25, 0.3) is 11.1 Å². The predicted octanol–water partition coefficient (Wildman–Crippen LogP) is 2.63.